The van der Waals surface area contributed by atoms with Gasteiger partial charge in [-0.2, -0.15) is 11.3 Å². The van der Waals surface area contributed by atoms with Gasteiger partial charge in [0.25, 0.3) is 5.91 Å². The van der Waals surface area contributed by atoms with E-state index in [2.05, 4.69) is 5.32 Å². The second kappa shape index (κ2) is 5.32. The number of benzene rings is 1. The van der Waals surface area contributed by atoms with Crippen LogP contribution in [-0.2, 0) is 0 Å². The Morgan fingerprint density at radius 1 is 1.32 bits per heavy atom. The summed E-state index contributed by atoms with van der Waals surface area (Å²) in [5.41, 5.74) is 0.683. The van der Waals surface area contributed by atoms with Crippen LogP contribution in [0.15, 0.2) is 41.1 Å². The molecule has 0 saturated heterocycles. The molecule has 3 rings (SSSR count). The van der Waals surface area contributed by atoms with E-state index in [1.165, 1.54) is 11.3 Å². The lowest BCUT2D eigenvalue weighted by molar-refractivity contribution is 0.0789. The molecule has 1 amide bonds. The van der Waals surface area contributed by atoms with Crippen LogP contribution in [0.2, 0.25) is 0 Å². The van der Waals surface area contributed by atoms with Crippen LogP contribution >= 0.6 is 11.3 Å². The van der Waals surface area contributed by atoms with E-state index >= 15 is 0 Å². The van der Waals surface area contributed by atoms with E-state index in [9.17, 15) is 4.79 Å². The lowest BCUT2D eigenvalue weighted by Crippen LogP contribution is -2.40. The Labute approximate surface area is 115 Å². The lowest BCUT2D eigenvalue weighted by Gasteiger charge is -2.26. The van der Waals surface area contributed by atoms with Crippen molar-refractivity contribution in [1.29, 1.82) is 0 Å². The second-order valence-corrected chi connectivity index (χ2v) is 5.00. The fourth-order valence-corrected chi connectivity index (χ4v) is 2.50. The molecule has 5 heteroatoms. The Morgan fingerprint density at radius 2 is 2.16 bits per heavy atom. The summed E-state index contributed by atoms with van der Waals surface area (Å²) in [6.45, 7) is 0.879. The zero-order valence-electron chi connectivity index (χ0n) is 10.2. The molecule has 0 spiro atoms. The Hall–Kier alpha value is -2.01. The smallest absolute Gasteiger partial charge is 0.252 e. The van der Waals surface area contributed by atoms with Gasteiger partial charge in [0, 0.05) is 10.9 Å². The molecule has 4 nitrogen and oxygen atoms in total. The SMILES string of the molecule is O=C(NC[C@H]1COc2ccccc2O1)c1ccsc1. The van der Waals surface area contributed by atoms with Crippen LogP contribution < -0.4 is 14.8 Å². The first-order chi connectivity index (χ1) is 9.33. The molecule has 1 aliphatic heterocycles. The number of thiophene rings is 1. The molecular weight excluding hydrogens is 262 g/mol. The first-order valence-electron chi connectivity index (χ1n) is 6.02. The number of hydrogen-bond acceptors (Lipinski definition) is 4. The summed E-state index contributed by atoms with van der Waals surface area (Å²) in [6, 6.07) is 9.33. The molecule has 1 aliphatic rings. The summed E-state index contributed by atoms with van der Waals surface area (Å²) >= 11 is 1.50. The van der Waals surface area contributed by atoms with Crippen molar-refractivity contribution in [2.75, 3.05) is 13.2 Å². The third kappa shape index (κ3) is 2.71. The van der Waals surface area contributed by atoms with Crippen molar-refractivity contribution < 1.29 is 14.3 Å². The second-order valence-electron chi connectivity index (χ2n) is 4.22. The number of rotatable bonds is 3. The Bertz CT molecular complexity index is 568. The normalized spacial score (nSPS) is 16.9. The number of fused-ring (bicyclic) bond motifs is 1. The van der Waals surface area contributed by atoms with Gasteiger partial charge in [-0.25, -0.2) is 0 Å². The molecule has 0 bridgehead atoms. The van der Waals surface area contributed by atoms with Crippen molar-refractivity contribution in [3.05, 3.63) is 46.7 Å². The molecule has 2 aromatic rings. The molecule has 1 atom stereocenters. The number of para-hydroxylation sites is 2. The van der Waals surface area contributed by atoms with Gasteiger partial charge in [-0.05, 0) is 23.6 Å². The summed E-state index contributed by atoms with van der Waals surface area (Å²) in [6.07, 6.45) is -0.155. The van der Waals surface area contributed by atoms with Gasteiger partial charge in [-0.1, -0.05) is 12.1 Å². The molecular formula is C14H13NO3S. The lowest BCUT2D eigenvalue weighted by atomic mass is 10.2. The topological polar surface area (TPSA) is 47.6 Å². The van der Waals surface area contributed by atoms with Crippen molar-refractivity contribution in [3.8, 4) is 11.5 Å². The van der Waals surface area contributed by atoms with E-state index < -0.39 is 0 Å². The minimum atomic E-state index is -0.155. The van der Waals surface area contributed by atoms with Crippen molar-refractivity contribution in [1.82, 2.24) is 5.32 Å². The van der Waals surface area contributed by atoms with Crippen molar-refractivity contribution in [3.63, 3.8) is 0 Å². The molecule has 0 aliphatic carbocycles. The quantitative estimate of drug-likeness (QED) is 0.935. The van der Waals surface area contributed by atoms with Crippen LogP contribution in [0.3, 0.4) is 0 Å². The summed E-state index contributed by atoms with van der Waals surface area (Å²) in [5, 5.41) is 6.55. The van der Waals surface area contributed by atoms with Crippen LogP contribution in [0.5, 0.6) is 11.5 Å². The van der Waals surface area contributed by atoms with Crippen LogP contribution in [-0.4, -0.2) is 25.2 Å². The fraction of sp³-hybridized carbons (Fsp3) is 0.214. The monoisotopic (exact) mass is 275 g/mol. The summed E-state index contributed by atoms with van der Waals surface area (Å²) in [7, 11) is 0. The maximum Gasteiger partial charge on any atom is 0.252 e. The molecule has 1 N–H and O–H groups in total. The highest BCUT2D eigenvalue weighted by Gasteiger charge is 2.21. The van der Waals surface area contributed by atoms with Crippen molar-refractivity contribution >= 4 is 17.2 Å². The molecule has 1 aromatic carbocycles. The van der Waals surface area contributed by atoms with Gasteiger partial charge in [0.05, 0.1) is 6.54 Å². The van der Waals surface area contributed by atoms with Gasteiger partial charge in [0.1, 0.15) is 12.7 Å². The minimum absolute atomic E-state index is 0.0799. The first-order valence-corrected chi connectivity index (χ1v) is 6.96. The number of hydrogen-bond donors (Lipinski definition) is 1. The number of carbonyl (C=O) groups is 1. The standard InChI is InChI=1S/C14H13NO3S/c16-14(10-5-6-19-9-10)15-7-11-8-17-12-3-1-2-4-13(12)18-11/h1-6,9,11H,7-8H2,(H,15,16)/t11-/m0/s1. The Balaban J connectivity index is 1.57. The molecule has 19 heavy (non-hydrogen) atoms. The van der Waals surface area contributed by atoms with E-state index in [0.29, 0.717) is 18.7 Å². The predicted molar refractivity (Wildman–Crippen MR) is 73.0 cm³/mol. The third-order valence-electron chi connectivity index (χ3n) is 2.84. The highest BCUT2D eigenvalue weighted by molar-refractivity contribution is 7.08. The average molecular weight is 275 g/mol. The maximum absolute atomic E-state index is 11.8. The average Bonchev–Trinajstić information content (AvgIpc) is 2.99. The highest BCUT2D eigenvalue weighted by atomic mass is 32.1. The zero-order chi connectivity index (χ0) is 13.1. The van der Waals surface area contributed by atoms with Crippen LogP contribution in [0.4, 0.5) is 0 Å². The van der Waals surface area contributed by atoms with Crippen LogP contribution in [0.1, 0.15) is 10.4 Å². The van der Waals surface area contributed by atoms with Crippen LogP contribution in [0.25, 0.3) is 0 Å². The van der Waals surface area contributed by atoms with Gasteiger partial charge >= 0.3 is 0 Å². The largest absolute Gasteiger partial charge is 0.486 e. The van der Waals surface area contributed by atoms with E-state index in [-0.39, 0.29) is 12.0 Å². The van der Waals surface area contributed by atoms with Crippen molar-refractivity contribution in [2.45, 2.75) is 6.10 Å². The molecule has 1 aromatic heterocycles. The van der Waals surface area contributed by atoms with E-state index in [1.54, 1.807) is 6.07 Å². The summed E-state index contributed by atoms with van der Waals surface area (Å²) in [4.78, 5) is 11.8. The number of carbonyl (C=O) groups excluding carboxylic acids is 1. The van der Waals surface area contributed by atoms with E-state index in [0.717, 1.165) is 11.5 Å². The van der Waals surface area contributed by atoms with Gasteiger partial charge in [0.2, 0.25) is 0 Å². The highest BCUT2D eigenvalue weighted by Crippen LogP contribution is 2.30. The summed E-state index contributed by atoms with van der Waals surface area (Å²) < 4.78 is 11.3. The van der Waals surface area contributed by atoms with Gasteiger partial charge in [-0.15, -0.1) is 0 Å². The predicted octanol–water partition coefficient (Wildman–Crippen LogP) is 2.32. The van der Waals surface area contributed by atoms with Gasteiger partial charge in [-0.3, -0.25) is 4.79 Å². The van der Waals surface area contributed by atoms with E-state index in [4.69, 9.17) is 9.47 Å². The molecule has 0 unspecified atom stereocenters. The number of nitrogens with one attached hydrogen (secondary N) is 1. The molecule has 0 radical (unpaired) electrons. The Kier molecular flexibility index (Phi) is 3.37. The minimum Gasteiger partial charge on any atom is -0.486 e. The molecule has 98 valence electrons. The molecule has 0 saturated carbocycles. The molecule has 0 fully saturated rings. The first kappa shape index (κ1) is 12.0. The van der Waals surface area contributed by atoms with Gasteiger partial charge < -0.3 is 14.8 Å². The Morgan fingerprint density at radius 3 is 2.95 bits per heavy atom. The van der Waals surface area contributed by atoms with Crippen molar-refractivity contribution in [2.24, 2.45) is 0 Å². The maximum atomic E-state index is 11.8. The summed E-state index contributed by atoms with van der Waals surface area (Å²) in [5.74, 6) is 1.40. The van der Waals surface area contributed by atoms with Gasteiger partial charge in [0.15, 0.2) is 11.5 Å². The zero-order valence-corrected chi connectivity index (χ0v) is 11.0. The molecule has 2 heterocycles. The van der Waals surface area contributed by atoms with Crippen LogP contribution in [0, 0.1) is 0 Å². The third-order valence-corrected chi connectivity index (χ3v) is 3.52. The fourth-order valence-electron chi connectivity index (χ4n) is 1.87. The number of ether oxygens (including phenoxy) is 2. The number of amides is 1. The van der Waals surface area contributed by atoms with E-state index in [1.807, 2.05) is 35.0 Å².